The summed E-state index contributed by atoms with van der Waals surface area (Å²) in [5.74, 6) is 1.53. The lowest BCUT2D eigenvalue weighted by Crippen LogP contribution is -2.31. The molecule has 6 nitrogen and oxygen atoms in total. The molecule has 1 aromatic heterocycles. The number of thioether (sulfide) groups is 1. The average Bonchev–Trinajstić information content (AvgIpc) is 3.15. The molecular formula is C15H19N3O3S2. The molecule has 1 aliphatic rings. The molecule has 0 radical (unpaired) electrons. The number of methoxy groups -OCH3 is 1. The fourth-order valence-corrected chi connectivity index (χ4v) is 6.35. The van der Waals surface area contributed by atoms with Crippen LogP contribution in [0.2, 0.25) is 0 Å². The van der Waals surface area contributed by atoms with Gasteiger partial charge in [-0.2, -0.15) is 9.40 Å². The molecular weight excluding hydrogens is 334 g/mol. The first-order valence-corrected chi connectivity index (χ1v) is 9.73. The molecule has 0 bridgehead atoms. The van der Waals surface area contributed by atoms with Crippen molar-refractivity contribution in [3.8, 4) is 5.75 Å². The van der Waals surface area contributed by atoms with Crippen molar-refractivity contribution in [2.75, 3.05) is 19.4 Å². The normalized spacial score (nSPS) is 19.2. The smallest absolute Gasteiger partial charge is 0.248 e. The molecule has 8 heteroatoms. The average molecular weight is 353 g/mol. The molecule has 1 fully saturated rings. The van der Waals surface area contributed by atoms with Crippen LogP contribution in [0.1, 0.15) is 22.3 Å². The van der Waals surface area contributed by atoms with Crippen LogP contribution in [0.25, 0.3) is 0 Å². The summed E-state index contributed by atoms with van der Waals surface area (Å²) in [7, 11) is -1.97. The third kappa shape index (κ3) is 2.86. The second kappa shape index (κ2) is 6.18. The van der Waals surface area contributed by atoms with E-state index in [9.17, 15) is 8.42 Å². The Morgan fingerprint density at radius 2 is 2.00 bits per heavy atom. The van der Waals surface area contributed by atoms with E-state index < -0.39 is 10.0 Å². The number of hydrogen-bond acceptors (Lipinski definition) is 5. The lowest BCUT2D eigenvalue weighted by atomic mass is 10.2. The van der Waals surface area contributed by atoms with Crippen LogP contribution < -0.4 is 4.74 Å². The van der Waals surface area contributed by atoms with Gasteiger partial charge >= 0.3 is 0 Å². The fourth-order valence-electron chi connectivity index (χ4n) is 2.77. The Morgan fingerprint density at radius 3 is 2.57 bits per heavy atom. The maximum absolute atomic E-state index is 13.1. The molecule has 1 N–H and O–H groups in total. The summed E-state index contributed by atoms with van der Waals surface area (Å²) < 4.78 is 32.9. The Bertz CT molecular complexity index is 780. The van der Waals surface area contributed by atoms with Crippen LogP contribution in [-0.4, -0.2) is 42.3 Å². The molecule has 2 aromatic rings. The Hall–Kier alpha value is -1.51. The quantitative estimate of drug-likeness (QED) is 0.914. The van der Waals surface area contributed by atoms with E-state index in [1.165, 1.54) is 0 Å². The summed E-state index contributed by atoms with van der Waals surface area (Å²) in [6.45, 7) is 3.94. The second-order valence-corrected chi connectivity index (χ2v) is 8.39. The summed E-state index contributed by atoms with van der Waals surface area (Å²) >= 11 is 1.63. The van der Waals surface area contributed by atoms with Gasteiger partial charge in [-0.3, -0.25) is 5.10 Å². The van der Waals surface area contributed by atoms with Gasteiger partial charge in [0, 0.05) is 12.3 Å². The Labute approximate surface area is 140 Å². The van der Waals surface area contributed by atoms with Gasteiger partial charge in [0.1, 0.15) is 10.6 Å². The molecule has 0 saturated carbocycles. The lowest BCUT2D eigenvalue weighted by Gasteiger charge is -2.23. The van der Waals surface area contributed by atoms with E-state index in [4.69, 9.17) is 4.74 Å². The van der Waals surface area contributed by atoms with Crippen LogP contribution in [0.3, 0.4) is 0 Å². The van der Waals surface area contributed by atoms with E-state index in [0.717, 1.165) is 17.1 Å². The van der Waals surface area contributed by atoms with E-state index in [1.54, 1.807) is 37.0 Å². The molecule has 2 heterocycles. The summed E-state index contributed by atoms with van der Waals surface area (Å²) in [6.07, 6.45) is 0. The van der Waals surface area contributed by atoms with Crippen molar-refractivity contribution in [2.24, 2.45) is 0 Å². The topological polar surface area (TPSA) is 75.3 Å². The number of hydrogen-bond donors (Lipinski definition) is 1. The van der Waals surface area contributed by atoms with Crippen molar-refractivity contribution in [3.63, 3.8) is 0 Å². The molecule has 23 heavy (non-hydrogen) atoms. The van der Waals surface area contributed by atoms with Gasteiger partial charge in [-0.15, -0.1) is 11.8 Å². The molecule has 3 rings (SSSR count). The zero-order chi connectivity index (χ0) is 16.6. The van der Waals surface area contributed by atoms with Crippen molar-refractivity contribution >= 4 is 21.8 Å². The monoisotopic (exact) mass is 353 g/mol. The van der Waals surface area contributed by atoms with Gasteiger partial charge in [0.25, 0.3) is 0 Å². The number of aryl methyl sites for hydroxylation is 2. The predicted octanol–water partition coefficient (Wildman–Crippen LogP) is 2.47. The highest BCUT2D eigenvalue weighted by atomic mass is 32.2. The van der Waals surface area contributed by atoms with Crippen LogP contribution in [0.15, 0.2) is 29.2 Å². The van der Waals surface area contributed by atoms with Gasteiger partial charge in [0.05, 0.1) is 23.9 Å². The Morgan fingerprint density at radius 1 is 1.30 bits per heavy atom. The first kappa shape index (κ1) is 16.4. The molecule has 1 atom stereocenters. The minimum Gasteiger partial charge on any atom is -0.497 e. The minimum absolute atomic E-state index is 0.223. The second-order valence-electron chi connectivity index (χ2n) is 5.38. The number of aromatic amines is 1. The van der Waals surface area contributed by atoms with Gasteiger partial charge in [0.15, 0.2) is 0 Å². The van der Waals surface area contributed by atoms with Crippen molar-refractivity contribution in [1.82, 2.24) is 14.5 Å². The van der Waals surface area contributed by atoms with E-state index in [1.807, 2.05) is 24.3 Å². The fraction of sp³-hybridized carbons (Fsp3) is 0.400. The summed E-state index contributed by atoms with van der Waals surface area (Å²) in [5.41, 5.74) is 2.04. The molecule has 0 spiro atoms. The van der Waals surface area contributed by atoms with E-state index >= 15 is 0 Å². The number of aromatic nitrogens is 2. The number of benzene rings is 1. The van der Waals surface area contributed by atoms with Gasteiger partial charge in [-0.1, -0.05) is 12.1 Å². The summed E-state index contributed by atoms with van der Waals surface area (Å²) in [4.78, 5) is 0.290. The molecule has 124 valence electrons. The van der Waals surface area contributed by atoms with Crippen LogP contribution in [0.5, 0.6) is 5.75 Å². The third-order valence-corrected chi connectivity index (χ3v) is 7.40. The zero-order valence-electron chi connectivity index (χ0n) is 13.2. The predicted molar refractivity (Wildman–Crippen MR) is 90.1 cm³/mol. The number of ether oxygens (including phenoxy) is 1. The SMILES string of the molecule is COc1ccc(C2SCCN2S(=O)(=O)c2c(C)n[nH]c2C)cc1. The van der Waals surface area contributed by atoms with Crippen molar-refractivity contribution in [1.29, 1.82) is 0 Å². The molecule has 1 unspecified atom stereocenters. The number of nitrogens with one attached hydrogen (secondary N) is 1. The Kier molecular flexibility index (Phi) is 4.39. The summed E-state index contributed by atoms with van der Waals surface area (Å²) in [5, 5.41) is 6.55. The largest absolute Gasteiger partial charge is 0.497 e. The lowest BCUT2D eigenvalue weighted by molar-refractivity contribution is 0.413. The molecule has 0 amide bonds. The molecule has 1 aliphatic heterocycles. The number of rotatable bonds is 4. The maximum atomic E-state index is 13.1. The highest BCUT2D eigenvalue weighted by Crippen LogP contribution is 2.42. The first-order valence-electron chi connectivity index (χ1n) is 7.24. The van der Waals surface area contributed by atoms with E-state index in [-0.39, 0.29) is 5.37 Å². The number of nitrogens with zero attached hydrogens (tertiary/aromatic N) is 2. The minimum atomic E-state index is -3.58. The highest BCUT2D eigenvalue weighted by molar-refractivity contribution is 8.01. The van der Waals surface area contributed by atoms with Gasteiger partial charge in [-0.05, 0) is 31.5 Å². The standard InChI is InChI=1S/C15H19N3O3S2/c1-10-14(11(2)17-16-10)23(19,20)18-8-9-22-15(18)12-4-6-13(21-3)7-5-12/h4-7,15H,8-9H2,1-3H3,(H,16,17). The van der Waals surface area contributed by atoms with Crippen LogP contribution in [0, 0.1) is 13.8 Å². The number of H-pyrrole nitrogens is 1. The van der Waals surface area contributed by atoms with Gasteiger partial charge < -0.3 is 4.74 Å². The molecule has 1 aromatic carbocycles. The van der Waals surface area contributed by atoms with Gasteiger partial charge in [0.2, 0.25) is 10.0 Å². The Balaban J connectivity index is 1.97. The van der Waals surface area contributed by atoms with Gasteiger partial charge in [-0.25, -0.2) is 8.42 Å². The van der Waals surface area contributed by atoms with Crippen molar-refractivity contribution in [3.05, 3.63) is 41.2 Å². The molecule has 1 saturated heterocycles. The highest BCUT2D eigenvalue weighted by Gasteiger charge is 2.39. The summed E-state index contributed by atoms with van der Waals surface area (Å²) in [6, 6.07) is 7.54. The first-order chi connectivity index (χ1) is 10.9. The van der Waals surface area contributed by atoms with Crippen LogP contribution in [-0.2, 0) is 10.0 Å². The number of sulfonamides is 1. The van der Waals surface area contributed by atoms with Crippen LogP contribution in [0.4, 0.5) is 0 Å². The maximum Gasteiger partial charge on any atom is 0.248 e. The van der Waals surface area contributed by atoms with Crippen molar-refractivity contribution < 1.29 is 13.2 Å². The third-order valence-electron chi connectivity index (χ3n) is 3.88. The van der Waals surface area contributed by atoms with E-state index in [0.29, 0.717) is 22.8 Å². The van der Waals surface area contributed by atoms with E-state index in [2.05, 4.69) is 10.2 Å². The van der Waals surface area contributed by atoms with Crippen molar-refractivity contribution in [2.45, 2.75) is 24.1 Å². The zero-order valence-corrected chi connectivity index (χ0v) is 14.9. The molecule has 0 aliphatic carbocycles. The van der Waals surface area contributed by atoms with Crippen LogP contribution >= 0.6 is 11.8 Å².